The van der Waals surface area contributed by atoms with Crippen LogP contribution in [0.1, 0.15) is 21.1 Å². The molecular weight excluding hydrogens is 88.1 g/mol. The van der Waals surface area contributed by atoms with E-state index in [1.165, 1.54) is 0 Å². The fourth-order valence-electron chi connectivity index (χ4n) is 0.268. The standard InChI is InChI=1S/C6H10O/c1-3-5-6-7-4-2/h2H,3,5-6H2,1H3/i2D. The van der Waals surface area contributed by atoms with Crippen molar-refractivity contribution in [1.29, 1.82) is 0 Å². The molecule has 0 aromatic rings. The van der Waals surface area contributed by atoms with Gasteiger partial charge < -0.3 is 4.74 Å². The Balaban J connectivity index is 2.79. The predicted octanol–water partition coefficient (Wildman–Crippen LogP) is 1.39. The van der Waals surface area contributed by atoms with Gasteiger partial charge in [0.05, 0.1) is 6.61 Å². The number of ether oxygens (including phenoxy) is 1. The zero-order valence-corrected chi connectivity index (χ0v) is 4.53. The van der Waals surface area contributed by atoms with Crippen LogP contribution in [0, 0.1) is 12.5 Å². The molecule has 0 saturated carbocycles. The van der Waals surface area contributed by atoms with Crippen molar-refractivity contribution in [2.45, 2.75) is 19.8 Å². The summed E-state index contributed by atoms with van der Waals surface area (Å²) in [7, 11) is 0. The number of hydrogen-bond acceptors (Lipinski definition) is 1. The highest BCUT2D eigenvalue weighted by Crippen LogP contribution is 1.84. The van der Waals surface area contributed by atoms with E-state index in [2.05, 4.69) is 17.8 Å². The maximum atomic E-state index is 6.35. The lowest BCUT2D eigenvalue weighted by molar-refractivity contribution is 0.271. The summed E-state index contributed by atoms with van der Waals surface area (Å²) in [5.41, 5.74) is 0. The van der Waals surface area contributed by atoms with Crippen molar-refractivity contribution in [2.75, 3.05) is 6.61 Å². The average Bonchev–Trinajstić information content (AvgIpc) is 1.81. The molecule has 0 atom stereocenters. The maximum absolute atomic E-state index is 6.35. The van der Waals surface area contributed by atoms with Crippen LogP contribution in [0.4, 0.5) is 0 Å². The Labute approximate surface area is 46.1 Å². The molecule has 1 nitrogen and oxygen atoms in total. The van der Waals surface area contributed by atoms with Gasteiger partial charge in [0.1, 0.15) is 7.48 Å². The van der Waals surface area contributed by atoms with Gasteiger partial charge in [0, 0.05) is 0 Å². The van der Waals surface area contributed by atoms with Crippen LogP contribution in [-0.2, 0) is 4.74 Å². The molecule has 0 bridgehead atoms. The first-order chi connectivity index (χ1) is 3.91. The van der Waals surface area contributed by atoms with E-state index in [4.69, 9.17) is 1.37 Å². The molecule has 0 spiro atoms. The molecule has 0 aromatic carbocycles. The monoisotopic (exact) mass is 99.1 g/mol. The first-order valence-electron chi connectivity index (χ1n) is 2.95. The van der Waals surface area contributed by atoms with E-state index in [0.717, 1.165) is 12.8 Å². The highest BCUT2D eigenvalue weighted by Gasteiger charge is 1.77. The van der Waals surface area contributed by atoms with Gasteiger partial charge in [-0.1, -0.05) is 19.7 Å². The van der Waals surface area contributed by atoms with Crippen molar-refractivity contribution < 1.29 is 6.11 Å². The highest BCUT2D eigenvalue weighted by molar-refractivity contribution is 4.67. The second-order valence-electron chi connectivity index (χ2n) is 1.30. The SMILES string of the molecule is [2H]C#COCCCC. The lowest BCUT2D eigenvalue weighted by Crippen LogP contribution is -1.83. The molecule has 0 aromatic heterocycles. The minimum absolute atomic E-state index is 0.655. The smallest absolute Gasteiger partial charge is 0.127 e. The van der Waals surface area contributed by atoms with Crippen LogP contribution in [0.2, 0.25) is 0 Å². The Morgan fingerprint density at radius 1 is 2.00 bits per heavy atom. The van der Waals surface area contributed by atoms with Crippen LogP contribution < -0.4 is 0 Å². The second-order valence-corrected chi connectivity index (χ2v) is 1.30. The molecule has 1 heteroatoms. The summed E-state index contributed by atoms with van der Waals surface area (Å²) in [4.78, 5) is 0. The van der Waals surface area contributed by atoms with Gasteiger partial charge in [0.15, 0.2) is 0 Å². The van der Waals surface area contributed by atoms with Crippen molar-refractivity contribution in [1.82, 2.24) is 0 Å². The van der Waals surface area contributed by atoms with Crippen molar-refractivity contribution in [3.05, 3.63) is 0 Å². The van der Waals surface area contributed by atoms with E-state index in [0.29, 0.717) is 6.61 Å². The maximum Gasteiger partial charge on any atom is 0.127 e. The van der Waals surface area contributed by atoms with Gasteiger partial charge >= 0.3 is 0 Å². The molecule has 0 rings (SSSR count). The third-order valence-corrected chi connectivity index (χ3v) is 0.672. The molecule has 0 unspecified atom stereocenters. The Kier molecular flexibility index (Phi) is 3.46. The van der Waals surface area contributed by atoms with Gasteiger partial charge in [0.25, 0.3) is 0 Å². The Morgan fingerprint density at radius 2 is 2.86 bits per heavy atom. The first kappa shape index (κ1) is 4.52. The molecule has 0 aliphatic rings. The lowest BCUT2D eigenvalue weighted by Gasteiger charge is -1.90. The summed E-state index contributed by atoms with van der Waals surface area (Å²) in [6.07, 6.45) is 6.24. The summed E-state index contributed by atoms with van der Waals surface area (Å²) in [5.74, 6) is 0. The molecule has 0 radical (unpaired) electrons. The molecule has 0 N–H and O–H groups in total. The van der Waals surface area contributed by atoms with E-state index in [9.17, 15) is 0 Å². The second kappa shape index (κ2) is 5.36. The van der Waals surface area contributed by atoms with Gasteiger partial charge in [0.2, 0.25) is 0 Å². The highest BCUT2D eigenvalue weighted by atomic mass is 16.5. The summed E-state index contributed by atoms with van der Waals surface area (Å²) < 4.78 is 11.0. The van der Waals surface area contributed by atoms with Crippen molar-refractivity contribution in [3.63, 3.8) is 0 Å². The minimum atomic E-state index is 0.655. The summed E-state index contributed by atoms with van der Waals surface area (Å²) in [5, 5.41) is 0. The Bertz CT molecular complexity index is 90.4. The molecular formula is C6H10O. The number of hydrogen-bond donors (Lipinski definition) is 0. The predicted molar refractivity (Wildman–Crippen MR) is 29.7 cm³/mol. The van der Waals surface area contributed by atoms with Crippen LogP contribution >= 0.6 is 0 Å². The van der Waals surface area contributed by atoms with Crippen LogP contribution in [0.25, 0.3) is 0 Å². The quantitative estimate of drug-likeness (QED) is 0.384. The summed E-state index contributed by atoms with van der Waals surface area (Å²) in [6.45, 7) is 2.74. The van der Waals surface area contributed by atoms with Gasteiger partial charge in [-0.25, -0.2) is 0 Å². The van der Waals surface area contributed by atoms with E-state index >= 15 is 0 Å². The summed E-state index contributed by atoms with van der Waals surface area (Å²) in [6, 6.07) is 0. The van der Waals surface area contributed by atoms with E-state index < -0.39 is 0 Å². The molecule has 0 saturated heterocycles. The van der Waals surface area contributed by atoms with Gasteiger partial charge in [-0.2, -0.15) is 0 Å². The van der Waals surface area contributed by atoms with Crippen LogP contribution in [0.3, 0.4) is 0 Å². The third-order valence-electron chi connectivity index (χ3n) is 0.672. The van der Waals surface area contributed by atoms with E-state index in [1.54, 1.807) is 0 Å². The van der Waals surface area contributed by atoms with Crippen molar-refractivity contribution >= 4 is 0 Å². The molecule has 7 heavy (non-hydrogen) atoms. The molecule has 0 aliphatic heterocycles. The van der Waals surface area contributed by atoms with Crippen molar-refractivity contribution in [3.8, 4) is 12.5 Å². The van der Waals surface area contributed by atoms with Crippen molar-refractivity contribution in [2.24, 2.45) is 0 Å². The number of terminal acetylenes is 1. The summed E-state index contributed by atoms with van der Waals surface area (Å²) >= 11 is 0. The number of rotatable bonds is 3. The zero-order valence-electron chi connectivity index (χ0n) is 5.53. The normalized spacial score (nSPS) is 8.43. The fourth-order valence-corrected chi connectivity index (χ4v) is 0.268. The lowest BCUT2D eigenvalue weighted by atomic mass is 10.4. The van der Waals surface area contributed by atoms with E-state index in [-0.39, 0.29) is 0 Å². The topological polar surface area (TPSA) is 9.23 Å². The zero-order chi connectivity index (χ0) is 6.24. The van der Waals surface area contributed by atoms with Gasteiger partial charge in [-0.3, -0.25) is 0 Å². The van der Waals surface area contributed by atoms with Crippen LogP contribution in [0.15, 0.2) is 0 Å². The van der Waals surface area contributed by atoms with Gasteiger partial charge in [-0.05, 0) is 6.42 Å². The molecule has 0 amide bonds. The largest absolute Gasteiger partial charge is 0.447 e. The van der Waals surface area contributed by atoms with Crippen LogP contribution in [0.5, 0.6) is 0 Å². The molecule has 0 heterocycles. The Morgan fingerprint density at radius 3 is 3.43 bits per heavy atom. The molecule has 0 aliphatic carbocycles. The molecule has 40 valence electrons. The van der Waals surface area contributed by atoms with Crippen LogP contribution in [-0.4, -0.2) is 6.61 Å². The fraction of sp³-hybridized carbons (Fsp3) is 0.667. The Hall–Kier alpha value is -0.640. The third kappa shape index (κ3) is 5.36. The first-order valence-corrected chi connectivity index (χ1v) is 2.45. The number of unbranched alkanes of at least 4 members (excludes halogenated alkanes) is 1. The molecule has 0 fully saturated rings. The van der Waals surface area contributed by atoms with Gasteiger partial charge in [-0.15, -0.1) is 0 Å². The van der Waals surface area contributed by atoms with E-state index in [1.807, 2.05) is 6.40 Å². The minimum Gasteiger partial charge on any atom is -0.447 e. The average molecular weight is 99.2 g/mol.